The van der Waals surface area contributed by atoms with Gasteiger partial charge < -0.3 is 19.5 Å². The summed E-state index contributed by atoms with van der Waals surface area (Å²) in [6.45, 7) is 6.00. The lowest BCUT2D eigenvalue weighted by molar-refractivity contribution is 0.0640. The molecule has 2 aromatic rings. The van der Waals surface area contributed by atoms with E-state index in [-0.39, 0.29) is 11.9 Å². The summed E-state index contributed by atoms with van der Waals surface area (Å²) in [4.78, 5) is 28.1. The predicted molar refractivity (Wildman–Crippen MR) is 91.1 cm³/mol. The fourth-order valence-electron chi connectivity index (χ4n) is 2.82. The summed E-state index contributed by atoms with van der Waals surface area (Å²) < 4.78 is 5.14. The number of aryl methyl sites for hydroxylation is 2. The standard InChI is InChI=1S/C18H21N3O3/c1-13-5-6-15(14(2)12-13)19-18(23)21-9-7-20(8-10-21)17(22)16-4-3-11-24-16/h3-6,11-12H,7-10H2,1-2H3,(H,19,23). The molecule has 1 saturated heterocycles. The van der Waals surface area contributed by atoms with Gasteiger partial charge >= 0.3 is 6.03 Å². The van der Waals surface area contributed by atoms with Crippen LogP contribution in [0.5, 0.6) is 0 Å². The molecule has 6 heteroatoms. The smallest absolute Gasteiger partial charge is 0.321 e. The molecule has 0 atom stereocenters. The van der Waals surface area contributed by atoms with Crippen molar-refractivity contribution in [2.75, 3.05) is 31.5 Å². The van der Waals surface area contributed by atoms with Crippen LogP contribution < -0.4 is 5.32 Å². The van der Waals surface area contributed by atoms with Crippen molar-refractivity contribution in [3.63, 3.8) is 0 Å². The van der Waals surface area contributed by atoms with Crippen LogP contribution in [-0.2, 0) is 0 Å². The van der Waals surface area contributed by atoms with Crippen molar-refractivity contribution in [1.29, 1.82) is 0 Å². The van der Waals surface area contributed by atoms with Crippen LogP contribution in [0.4, 0.5) is 10.5 Å². The Hall–Kier alpha value is -2.76. The third-order valence-electron chi connectivity index (χ3n) is 4.21. The van der Waals surface area contributed by atoms with E-state index in [2.05, 4.69) is 5.32 Å². The van der Waals surface area contributed by atoms with E-state index in [9.17, 15) is 9.59 Å². The first-order valence-corrected chi connectivity index (χ1v) is 8.00. The maximum Gasteiger partial charge on any atom is 0.321 e. The highest BCUT2D eigenvalue weighted by molar-refractivity contribution is 5.92. The van der Waals surface area contributed by atoms with Crippen LogP contribution >= 0.6 is 0 Å². The lowest BCUT2D eigenvalue weighted by atomic mass is 10.1. The minimum atomic E-state index is -0.132. The van der Waals surface area contributed by atoms with Gasteiger partial charge in [0.2, 0.25) is 0 Å². The van der Waals surface area contributed by atoms with Crippen LogP contribution in [-0.4, -0.2) is 47.9 Å². The van der Waals surface area contributed by atoms with Crippen LogP contribution in [0.3, 0.4) is 0 Å². The number of urea groups is 1. The van der Waals surface area contributed by atoms with Gasteiger partial charge in [0, 0.05) is 31.9 Å². The first-order valence-electron chi connectivity index (χ1n) is 8.00. The molecule has 1 aliphatic rings. The fourth-order valence-corrected chi connectivity index (χ4v) is 2.82. The lowest BCUT2D eigenvalue weighted by Crippen LogP contribution is -2.51. The molecule has 0 aliphatic carbocycles. The number of anilines is 1. The Bertz CT molecular complexity index is 732. The topological polar surface area (TPSA) is 65.8 Å². The van der Waals surface area contributed by atoms with Gasteiger partial charge in [-0.1, -0.05) is 17.7 Å². The summed E-state index contributed by atoms with van der Waals surface area (Å²) in [7, 11) is 0. The molecule has 24 heavy (non-hydrogen) atoms. The van der Waals surface area contributed by atoms with Gasteiger partial charge in [-0.2, -0.15) is 0 Å². The van der Waals surface area contributed by atoms with Gasteiger partial charge in [0.15, 0.2) is 5.76 Å². The van der Waals surface area contributed by atoms with Crippen molar-refractivity contribution >= 4 is 17.6 Å². The van der Waals surface area contributed by atoms with Gasteiger partial charge in [-0.25, -0.2) is 4.79 Å². The van der Waals surface area contributed by atoms with E-state index >= 15 is 0 Å². The second kappa shape index (κ2) is 6.78. The maximum absolute atomic E-state index is 12.4. The van der Waals surface area contributed by atoms with E-state index in [0.29, 0.717) is 31.9 Å². The van der Waals surface area contributed by atoms with Crippen LogP contribution in [0.15, 0.2) is 41.0 Å². The van der Waals surface area contributed by atoms with Gasteiger partial charge in [-0.15, -0.1) is 0 Å². The summed E-state index contributed by atoms with van der Waals surface area (Å²) in [5.74, 6) is 0.206. The Morgan fingerprint density at radius 2 is 1.75 bits per heavy atom. The molecule has 0 unspecified atom stereocenters. The lowest BCUT2D eigenvalue weighted by Gasteiger charge is -2.34. The van der Waals surface area contributed by atoms with Gasteiger partial charge in [0.25, 0.3) is 5.91 Å². The minimum Gasteiger partial charge on any atom is -0.459 e. The minimum absolute atomic E-state index is 0.130. The van der Waals surface area contributed by atoms with Crippen LogP contribution in [0.25, 0.3) is 0 Å². The Kier molecular flexibility index (Phi) is 4.55. The Morgan fingerprint density at radius 1 is 1.04 bits per heavy atom. The van der Waals surface area contributed by atoms with Gasteiger partial charge in [-0.05, 0) is 37.6 Å². The number of nitrogens with one attached hydrogen (secondary N) is 1. The van der Waals surface area contributed by atoms with Crippen molar-refractivity contribution in [1.82, 2.24) is 9.80 Å². The van der Waals surface area contributed by atoms with E-state index in [1.165, 1.54) is 6.26 Å². The molecule has 3 rings (SSSR count). The van der Waals surface area contributed by atoms with Crippen molar-refractivity contribution in [3.05, 3.63) is 53.5 Å². The van der Waals surface area contributed by atoms with E-state index in [1.54, 1.807) is 21.9 Å². The molecule has 0 spiro atoms. The summed E-state index contributed by atoms with van der Waals surface area (Å²) in [5, 5.41) is 2.94. The van der Waals surface area contributed by atoms with E-state index < -0.39 is 0 Å². The predicted octanol–water partition coefficient (Wildman–Crippen LogP) is 2.89. The highest BCUT2D eigenvalue weighted by atomic mass is 16.3. The second-order valence-corrected chi connectivity index (χ2v) is 6.01. The van der Waals surface area contributed by atoms with Crippen LogP contribution in [0, 0.1) is 13.8 Å². The monoisotopic (exact) mass is 327 g/mol. The molecule has 3 amide bonds. The number of hydrogen-bond acceptors (Lipinski definition) is 3. The van der Waals surface area contributed by atoms with Crippen molar-refractivity contribution in [2.24, 2.45) is 0 Å². The first-order chi connectivity index (χ1) is 11.5. The van der Waals surface area contributed by atoms with Crippen molar-refractivity contribution in [2.45, 2.75) is 13.8 Å². The highest BCUT2D eigenvalue weighted by Crippen LogP contribution is 2.17. The third-order valence-corrected chi connectivity index (χ3v) is 4.21. The molecule has 0 bridgehead atoms. The Morgan fingerprint density at radius 3 is 2.38 bits per heavy atom. The quantitative estimate of drug-likeness (QED) is 0.922. The second-order valence-electron chi connectivity index (χ2n) is 6.01. The summed E-state index contributed by atoms with van der Waals surface area (Å²) in [5.41, 5.74) is 3.02. The normalized spacial score (nSPS) is 14.6. The number of carbonyl (C=O) groups excluding carboxylic acids is 2. The molecule has 1 fully saturated rings. The third kappa shape index (κ3) is 3.42. The molecule has 0 saturated carbocycles. The number of furan rings is 1. The average molecular weight is 327 g/mol. The van der Waals surface area contributed by atoms with E-state index in [4.69, 9.17) is 4.42 Å². The van der Waals surface area contributed by atoms with Gasteiger partial charge in [0.05, 0.1) is 6.26 Å². The molecule has 1 aromatic carbocycles. The molecular weight excluding hydrogens is 306 g/mol. The Balaban J connectivity index is 1.56. The zero-order chi connectivity index (χ0) is 17.1. The molecule has 1 N–H and O–H groups in total. The van der Waals surface area contributed by atoms with E-state index in [0.717, 1.165) is 16.8 Å². The molecule has 1 aliphatic heterocycles. The number of piperazine rings is 1. The van der Waals surface area contributed by atoms with Gasteiger partial charge in [-0.3, -0.25) is 4.79 Å². The maximum atomic E-state index is 12.4. The SMILES string of the molecule is Cc1ccc(NC(=O)N2CCN(C(=O)c3ccco3)CC2)c(C)c1. The molecular formula is C18H21N3O3. The summed E-state index contributed by atoms with van der Waals surface area (Å²) in [6, 6.07) is 9.15. The van der Waals surface area contributed by atoms with Crippen LogP contribution in [0.2, 0.25) is 0 Å². The number of carbonyl (C=O) groups is 2. The number of benzene rings is 1. The molecule has 1 aromatic heterocycles. The fraction of sp³-hybridized carbons (Fsp3) is 0.333. The molecule has 0 radical (unpaired) electrons. The molecule has 126 valence electrons. The number of amides is 3. The number of rotatable bonds is 2. The molecule has 6 nitrogen and oxygen atoms in total. The zero-order valence-corrected chi connectivity index (χ0v) is 13.9. The van der Waals surface area contributed by atoms with Crippen LogP contribution in [0.1, 0.15) is 21.7 Å². The van der Waals surface area contributed by atoms with Crippen molar-refractivity contribution < 1.29 is 14.0 Å². The summed E-state index contributed by atoms with van der Waals surface area (Å²) in [6.07, 6.45) is 1.49. The van der Waals surface area contributed by atoms with E-state index in [1.807, 2.05) is 32.0 Å². The largest absolute Gasteiger partial charge is 0.459 e. The number of hydrogen-bond donors (Lipinski definition) is 1. The number of nitrogens with zero attached hydrogens (tertiary/aromatic N) is 2. The average Bonchev–Trinajstić information content (AvgIpc) is 3.11. The van der Waals surface area contributed by atoms with Gasteiger partial charge in [0.1, 0.15) is 0 Å². The highest BCUT2D eigenvalue weighted by Gasteiger charge is 2.26. The zero-order valence-electron chi connectivity index (χ0n) is 13.9. The summed E-state index contributed by atoms with van der Waals surface area (Å²) >= 11 is 0. The Labute approximate surface area is 141 Å². The first kappa shape index (κ1) is 16.1. The molecule has 2 heterocycles. The van der Waals surface area contributed by atoms with Crippen molar-refractivity contribution in [3.8, 4) is 0 Å².